The van der Waals surface area contributed by atoms with Crippen molar-refractivity contribution in [1.82, 2.24) is 0 Å². The van der Waals surface area contributed by atoms with E-state index in [1.807, 2.05) is 0 Å². The molecular weight excluding hydrogens is 796 g/mol. The van der Waals surface area contributed by atoms with Crippen LogP contribution in [0, 0.1) is 80.8 Å². The molecule has 0 bridgehead atoms. The second-order valence-electron chi connectivity index (χ2n) is 0. The zero-order valence-electron chi connectivity index (χ0n) is 0.816. The Kier molecular flexibility index (Phi) is 178. The van der Waals surface area contributed by atoms with E-state index in [4.69, 9.17) is 0 Å². The maximum atomic E-state index is 0. The Morgan fingerprint density at radius 3 is 0.500 bits per heavy atom. The van der Waals surface area contributed by atoms with Crippen molar-refractivity contribution in [3.05, 3.63) is 0 Å². The van der Waals surface area contributed by atoms with Gasteiger partial charge in [0.1, 0.15) is 0 Å². The van der Waals surface area contributed by atoms with E-state index in [0.29, 0.717) is 0 Å². The van der Waals surface area contributed by atoms with Gasteiger partial charge in [-0.1, -0.05) is 0 Å². The average molecular weight is 804 g/mol. The predicted molar refractivity (Wildman–Crippen MR) is 34.2 cm³/mol. The summed E-state index contributed by atoms with van der Waals surface area (Å²) in [5.74, 6) is 0. The summed E-state index contributed by atoms with van der Waals surface area (Å²) in [4.78, 5) is 0. The average Bonchev–Trinajstić information content (AvgIpc) is 0. The molecule has 0 unspecified atom stereocenters. The number of rotatable bonds is 0. The molecule has 0 saturated heterocycles. The topological polar surface area (TPSA) is 0 Å². The molecular formula is H8Cs2In2Sm2. The van der Waals surface area contributed by atoms with E-state index in [-0.39, 0.29) is 270 Å². The zero-order chi connectivity index (χ0) is 0. The van der Waals surface area contributed by atoms with Gasteiger partial charge in [-0.05, 0) is 0 Å². The van der Waals surface area contributed by atoms with Crippen molar-refractivity contribution in [2.24, 2.45) is 0 Å². The monoisotopic (exact) mass is 808 g/mol. The van der Waals surface area contributed by atoms with Crippen LogP contribution >= 0.6 is 0 Å². The van der Waals surface area contributed by atoms with Crippen LogP contribution in [0.1, 0.15) is 0 Å². The molecule has 0 aliphatic rings. The minimum Gasteiger partial charge on any atom is 0 e. The van der Waals surface area contributed by atoms with Gasteiger partial charge in [0.2, 0.25) is 0 Å². The Morgan fingerprint density at radius 2 is 0.500 bits per heavy atom. The minimum absolute atomic E-state index is 0. The van der Waals surface area contributed by atoms with Crippen molar-refractivity contribution in [1.29, 1.82) is 0 Å². The summed E-state index contributed by atoms with van der Waals surface area (Å²) in [6.45, 7) is 0. The molecule has 6 heavy (non-hydrogen) atoms. The molecule has 0 amide bonds. The van der Waals surface area contributed by atoms with Gasteiger partial charge in [-0.3, -0.25) is 0 Å². The van der Waals surface area contributed by atoms with Crippen LogP contribution in [0.3, 0.4) is 0 Å². The normalized spacial score (nSPS) is 0. The van der Waals surface area contributed by atoms with Crippen LogP contribution in [-0.2, 0) is 0 Å². The molecule has 0 aromatic heterocycles. The molecule has 0 aliphatic heterocycles. The van der Waals surface area contributed by atoms with Crippen LogP contribution < -0.4 is 0 Å². The fourth-order valence-corrected chi connectivity index (χ4v) is 0. The van der Waals surface area contributed by atoms with E-state index >= 15 is 0 Å². The van der Waals surface area contributed by atoms with Crippen LogP contribution in [0.2, 0.25) is 0 Å². The molecule has 0 radical (unpaired) electrons. The summed E-state index contributed by atoms with van der Waals surface area (Å²) in [6.07, 6.45) is 0. The first-order valence-electron chi connectivity index (χ1n) is 0. The van der Waals surface area contributed by atoms with Gasteiger partial charge in [0, 0.05) is 80.8 Å². The molecule has 0 saturated carbocycles. The van der Waals surface area contributed by atoms with E-state index in [2.05, 4.69) is 0 Å². The van der Waals surface area contributed by atoms with Crippen molar-refractivity contribution in [3.8, 4) is 0 Å². The van der Waals surface area contributed by atoms with Gasteiger partial charge in [-0.25, -0.2) is 0 Å². The van der Waals surface area contributed by atoms with Crippen molar-refractivity contribution >= 4 is 189 Å². The van der Waals surface area contributed by atoms with E-state index < -0.39 is 0 Å². The largest absolute Gasteiger partial charge is 0 e. The maximum absolute atomic E-state index is 0. The molecule has 6 heteroatoms. The van der Waals surface area contributed by atoms with Crippen molar-refractivity contribution in [2.75, 3.05) is 0 Å². The third-order valence-electron chi connectivity index (χ3n) is 0. The summed E-state index contributed by atoms with van der Waals surface area (Å²) in [6, 6.07) is 0. The van der Waals surface area contributed by atoms with Crippen LogP contribution in [0.5, 0.6) is 0 Å². The predicted octanol–water partition coefficient (Wildman–Crippen LogP) is -3.66. The second kappa shape index (κ2) is 29.2. The van der Waals surface area contributed by atoms with Gasteiger partial charge in [-0.15, -0.1) is 0 Å². The Balaban J connectivity index is 0. The van der Waals surface area contributed by atoms with Crippen LogP contribution in [0.4, 0.5) is 0 Å². The fraction of sp³-hybridized carbons (Fsp3) is 0. The van der Waals surface area contributed by atoms with Gasteiger partial charge >= 0.3 is 189 Å². The molecule has 0 N–H and O–H groups in total. The van der Waals surface area contributed by atoms with Crippen LogP contribution in [0.25, 0.3) is 0 Å². The minimum atomic E-state index is 0. The van der Waals surface area contributed by atoms with Gasteiger partial charge in [0.05, 0.1) is 0 Å². The first kappa shape index (κ1) is 36.6. The molecule has 0 atom stereocenters. The van der Waals surface area contributed by atoms with E-state index in [0.717, 1.165) is 0 Å². The standard InChI is InChI=1S/2Cs.2In.2Sm.8H. The molecule has 28 valence electrons. The SMILES string of the molecule is [CsH].[CsH].[InH3].[InH3].[Sm].[Sm]. The first-order chi connectivity index (χ1) is 0. The van der Waals surface area contributed by atoms with Gasteiger partial charge in [0.25, 0.3) is 0 Å². The molecule has 0 spiro atoms. The molecule has 0 aromatic rings. The summed E-state index contributed by atoms with van der Waals surface area (Å²) in [5.41, 5.74) is 0. The quantitative estimate of drug-likeness (QED) is 0.237. The van der Waals surface area contributed by atoms with E-state index in [1.165, 1.54) is 0 Å². The van der Waals surface area contributed by atoms with Crippen LogP contribution in [0.15, 0.2) is 0 Å². The molecule has 0 fully saturated rings. The summed E-state index contributed by atoms with van der Waals surface area (Å²) >= 11 is 0. The fourth-order valence-electron chi connectivity index (χ4n) is 0. The second-order valence-corrected chi connectivity index (χ2v) is 0. The summed E-state index contributed by atoms with van der Waals surface area (Å²) < 4.78 is 0. The Labute approximate surface area is 259 Å². The zero-order valence-corrected chi connectivity index (χ0v) is 6.06. The summed E-state index contributed by atoms with van der Waals surface area (Å²) in [5, 5.41) is 0. The van der Waals surface area contributed by atoms with Crippen molar-refractivity contribution in [3.63, 3.8) is 0 Å². The molecule has 0 rings (SSSR count). The Morgan fingerprint density at radius 1 is 0.500 bits per heavy atom. The Hall–Kier alpha value is 8.52. The van der Waals surface area contributed by atoms with Gasteiger partial charge < -0.3 is 0 Å². The molecule has 0 aromatic carbocycles. The van der Waals surface area contributed by atoms with E-state index in [1.54, 1.807) is 0 Å². The van der Waals surface area contributed by atoms with Crippen molar-refractivity contribution < 1.29 is 80.8 Å². The maximum Gasteiger partial charge on any atom is 0 e. The molecule has 0 nitrogen and oxygen atoms in total. The van der Waals surface area contributed by atoms with Gasteiger partial charge in [-0.2, -0.15) is 0 Å². The van der Waals surface area contributed by atoms with E-state index in [9.17, 15) is 0 Å². The number of hydrogen-bond acceptors (Lipinski definition) is 0. The molecule has 0 heterocycles. The smallest absolute Gasteiger partial charge is 0 e. The third kappa shape index (κ3) is 22.9. The Bertz CT molecular complexity index is 9.51. The van der Waals surface area contributed by atoms with Crippen molar-refractivity contribution in [2.45, 2.75) is 0 Å². The first-order valence-corrected chi connectivity index (χ1v) is 0. The number of hydrogen-bond donors (Lipinski definition) is 0. The summed E-state index contributed by atoms with van der Waals surface area (Å²) in [7, 11) is 0. The molecule has 0 aliphatic carbocycles. The third-order valence-corrected chi connectivity index (χ3v) is 0. The van der Waals surface area contributed by atoms with Gasteiger partial charge in [0.15, 0.2) is 0 Å². The van der Waals surface area contributed by atoms with Crippen LogP contribution in [-0.4, -0.2) is 189 Å².